The lowest BCUT2D eigenvalue weighted by Crippen LogP contribution is -2.00. The molecule has 0 N–H and O–H groups in total. The number of nitrogens with zero attached hydrogens (tertiary/aromatic N) is 4. The second-order valence-corrected chi connectivity index (χ2v) is 13.8. The second kappa shape index (κ2) is 12.6. The Hall–Kier alpha value is -7.50. The van der Waals surface area contributed by atoms with Crippen LogP contribution in [0.3, 0.4) is 0 Å². The molecule has 8 aromatic carbocycles. The Morgan fingerprint density at radius 3 is 1.45 bits per heavy atom. The molecule has 0 atom stereocenters. The van der Waals surface area contributed by atoms with E-state index in [0.29, 0.717) is 17.5 Å². The molecule has 5 heteroatoms. The molecule has 0 fully saturated rings. The van der Waals surface area contributed by atoms with Crippen LogP contribution in [0.1, 0.15) is 0 Å². The average Bonchev–Trinajstić information content (AvgIpc) is 3.66. The van der Waals surface area contributed by atoms with Gasteiger partial charge in [-0.15, -0.1) is 0 Å². The summed E-state index contributed by atoms with van der Waals surface area (Å²) in [5.74, 6) is 1.82. The van der Waals surface area contributed by atoms with Crippen molar-refractivity contribution in [3.05, 3.63) is 182 Å². The molecule has 0 aliphatic rings. The molecule has 0 aliphatic heterocycles. The van der Waals surface area contributed by atoms with E-state index in [4.69, 9.17) is 24.4 Å². The lowest BCUT2D eigenvalue weighted by molar-refractivity contribution is 0.669. The fourth-order valence-corrected chi connectivity index (χ4v) is 7.94. The van der Waals surface area contributed by atoms with E-state index in [1.165, 1.54) is 32.3 Å². The first-order valence-electron chi connectivity index (χ1n) is 18.4. The molecule has 0 saturated carbocycles. The van der Waals surface area contributed by atoms with Crippen LogP contribution in [0.2, 0.25) is 0 Å². The molecule has 55 heavy (non-hydrogen) atoms. The zero-order chi connectivity index (χ0) is 36.3. The average molecular weight is 703 g/mol. The molecule has 3 heterocycles. The SMILES string of the molecule is c1ccc(-c2nc(-c3ccccc3)nc(-c3cc(-c4ccc5c6ccccc6c6ccccc6c5c4)cc(-c4ccnc5c4oc4ccccc45)c3)n2)cc1. The molecule has 0 unspecified atom stereocenters. The van der Waals surface area contributed by atoms with Crippen molar-refractivity contribution in [3.63, 3.8) is 0 Å². The maximum Gasteiger partial charge on any atom is 0.164 e. The monoisotopic (exact) mass is 702 g/mol. The van der Waals surface area contributed by atoms with Crippen LogP contribution in [-0.2, 0) is 0 Å². The van der Waals surface area contributed by atoms with Gasteiger partial charge in [-0.05, 0) is 91.5 Å². The van der Waals surface area contributed by atoms with Crippen LogP contribution in [-0.4, -0.2) is 19.9 Å². The van der Waals surface area contributed by atoms with Gasteiger partial charge in [-0.3, -0.25) is 4.98 Å². The van der Waals surface area contributed by atoms with Crippen molar-refractivity contribution in [2.75, 3.05) is 0 Å². The van der Waals surface area contributed by atoms with Crippen molar-refractivity contribution in [2.45, 2.75) is 0 Å². The van der Waals surface area contributed by atoms with Crippen LogP contribution >= 0.6 is 0 Å². The van der Waals surface area contributed by atoms with Crippen LogP contribution in [0, 0.1) is 0 Å². The number of hydrogen-bond acceptors (Lipinski definition) is 5. The van der Waals surface area contributed by atoms with E-state index in [2.05, 4.69) is 91.0 Å². The fraction of sp³-hybridized carbons (Fsp3) is 0. The lowest BCUT2D eigenvalue weighted by Gasteiger charge is -2.14. The van der Waals surface area contributed by atoms with Crippen LogP contribution in [0.15, 0.2) is 187 Å². The molecule has 0 aliphatic carbocycles. The molecule has 0 radical (unpaired) electrons. The van der Waals surface area contributed by atoms with Gasteiger partial charge in [0.1, 0.15) is 11.1 Å². The summed E-state index contributed by atoms with van der Waals surface area (Å²) in [6, 6.07) is 61.1. The van der Waals surface area contributed by atoms with Gasteiger partial charge in [0.05, 0.1) is 0 Å². The van der Waals surface area contributed by atoms with Crippen LogP contribution in [0.4, 0.5) is 0 Å². The van der Waals surface area contributed by atoms with E-state index in [1.54, 1.807) is 0 Å². The molecular formula is C50H30N4O. The molecule has 11 rings (SSSR count). The molecule has 3 aromatic heterocycles. The van der Waals surface area contributed by atoms with E-state index < -0.39 is 0 Å². The topological polar surface area (TPSA) is 64.7 Å². The van der Waals surface area contributed by atoms with Crippen molar-refractivity contribution < 1.29 is 4.42 Å². The van der Waals surface area contributed by atoms with E-state index in [-0.39, 0.29) is 0 Å². The third-order valence-corrected chi connectivity index (χ3v) is 10.5. The summed E-state index contributed by atoms with van der Waals surface area (Å²) in [5, 5.41) is 8.40. The maximum atomic E-state index is 6.53. The van der Waals surface area contributed by atoms with Crippen molar-refractivity contribution in [3.8, 4) is 56.4 Å². The highest BCUT2D eigenvalue weighted by molar-refractivity contribution is 6.25. The number of fused-ring (bicyclic) bond motifs is 9. The highest BCUT2D eigenvalue weighted by atomic mass is 16.3. The van der Waals surface area contributed by atoms with E-state index >= 15 is 0 Å². The number of para-hydroxylation sites is 1. The first-order valence-corrected chi connectivity index (χ1v) is 18.4. The Kier molecular flexibility index (Phi) is 7.10. The number of benzene rings is 8. The van der Waals surface area contributed by atoms with Crippen LogP contribution < -0.4 is 0 Å². The van der Waals surface area contributed by atoms with Crippen molar-refractivity contribution >= 4 is 54.4 Å². The summed E-state index contributed by atoms with van der Waals surface area (Å²) in [6.07, 6.45) is 1.86. The molecule has 256 valence electrons. The minimum Gasteiger partial charge on any atom is -0.454 e. The first-order chi connectivity index (χ1) is 27.2. The minimum absolute atomic E-state index is 0.586. The zero-order valence-corrected chi connectivity index (χ0v) is 29.5. The maximum absolute atomic E-state index is 6.53. The Balaban J connectivity index is 1.19. The fourth-order valence-electron chi connectivity index (χ4n) is 7.94. The van der Waals surface area contributed by atoms with Gasteiger partial charge in [-0.25, -0.2) is 15.0 Å². The summed E-state index contributed by atoms with van der Waals surface area (Å²) in [4.78, 5) is 20.0. The number of hydrogen-bond donors (Lipinski definition) is 0. The molecule has 0 saturated heterocycles. The molecule has 11 aromatic rings. The smallest absolute Gasteiger partial charge is 0.164 e. The Bertz CT molecular complexity index is 3170. The third kappa shape index (κ3) is 5.24. The standard InChI is InChI=1S/C50H30N4O/c1-3-13-31(14-4-1)48-52-49(32-15-5-2-6-16-32)54-50(53-48)36-28-34(27-35(29-36)37-25-26-51-46-43-21-11-12-22-45(43)55-47(37)46)33-23-24-42-40-19-8-7-17-38(40)39-18-9-10-20-41(39)44(42)30-33/h1-30H. The zero-order valence-electron chi connectivity index (χ0n) is 29.5. The number of pyridine rings is 1. The van der Waals surface area contributed by atoms with Crippen LogP contribution in [0.5, 0.6) is 0 Å². The van der Waals surface area contributed by atoms with Gasteiger partial charge in [0.2, 0.25) is 0 Å². The molecule has 0 bridgehead atoms. The molecule has 0 spiro atoms. The molecular weight excluding hydrogens is 673 g/mol. The van der Waals surface area contributed by atoms with Crippen molar-refractivity contribution in [1.82, 2.24) is 19.9 Å². The summed E-state index contributed by atoms with van der Waals surface area (Å²) in [5.41, 5.74) is 9.15. The quantitative estimate of drug-likeness (QED) is 0.167. The molecule has 0 amide bonds. The van der Waals surface area contributed by atoms with Gasteiger partial charge in [-0.1, -0.05) is 133 Å². The van der Waals surface area contributed by atoms with Gasteiger partial charge < -0.3 is 4.42 Å². The van der Waals surface area contributed by atoms with Crippen molar-refractivity contribution in [2.24, 2.45) is 0 Å². The highest BCUT2D eigenvalue weighted by Gasteiger charge is 2.19. The van der Waals surface area contributed by atoms with Gasteiger partial charge in [-0.2, -0.15) is 0 Å². The second-order valence-electron chi connectivity index (χ2n) is 13.8. The van der Waals surface area contributed by atoms with Crippen LogP contribution in [0.25, 0.3) is 111 Å². The molecule has 5 nitrogen and oxygen atoms in total. The van der Waals surface area contributed by atoms with Gasteiger partial charge in [0, 0.05) is 33.8 Å². The highest BCUT2D eigenvalue weighted by Crippen LogP contribution is 2.41. The normalized spacial score (nSPS) is 11.6. The third-order valence-electron chi connectivity index (χ3n) is 10.5. The Labute approximate surface area is 316 Å². The van der Waals surface area contributed by atoms with Gasteiger partial charge in [0.15, 0.2) is 23.1 Å². The lowest BCUT2D eigenvalue weighted by atomic mass is 9.90. The summed E-state index contributed by atoms with van der Waals surface area (Å²) in [7, 11) is 0. The van der Waals surface area contributed by atoms with Gasteiger partial charge in [0.25, 0.3) is 0 Å². The summed E-state index contributed by atoms with van der Waals surface area (Å²) in [6.45, 7) is 0. The number of rotatable bonds is 5. The largest absolute Gasteiger partial charge is 0.454 e. The van der Waals surface area contributed by atoms with E-state index in [9.17, 15) is 0 Å². The Morgan fingerprint density at radius 1 is 0.327 bits per heavy atom. The predicted molar refractivity (Wildman–Crippen MR) is 225 cm³/mol. The number of furan rings is 1. The van der Waals surface area contributed by atoms with Gasteiger partial charge >= 0.3 is 0 Å². The summed E-state index contributed by atoms with van der Waals surface area (Å²) < 4.78 is 6.53. The minimum atomic E-state index is 0.586. The Morgan fingerprint density at radius 2 is 0.818 bits per heavy atom. The predicted octanol–water partition coefficient (Wildman–Crippen LogP) is 13.0. The summed E-state index contributed by atoms with van der Waals surface area (Å²) >= 11 is 0. The van der Waals surface area contributed by atoms with Crippen molar-refractivity contribution in [1.29, 1.82) is 0 Å². The number of aromatic nitrogens is 4. The van der Waals surface area contributed by atoms with E-state index in [0.717, 1.165) is 61.0 Å². The van der Waals surface area contributed by atoms with E-state index in [1.807, 2.05) is 91.1 Å². The first kappa shape index (κ1) is 31.1.